The number of aromatic nitrogens is 4. The minimum atomic E-state index is -2.85. The Kier molecular flexibility index (Phi) is 5.95. The van der Waals surface area contributed by atoms with Crippen LogP contribution in [0, 0.1) is 12.7 Å². The average Bonchev–Trinajstić information content (AvgIpc) is 3.11. The van der Waals surface area contributed by atoms with Crippen LogP contribution in [0.25, 0.3) is 0 Å². The van der Waals surface area contributed by atoms with Crippen molar-refractivity contribution in [1.29, 1.82) is 0 Å². The van der Waals surface area contributed by atoms with E-state index in [0.717, 1.165) is 4.68 Å². The highest BCUT2D eigenvalue weighted by Crippen LogP contribution is 2.28. The van der Waals surface area contributed by atoms with Gasteiger partial charge in [0.25, 0.3) is 6.43 Å². The number of alkyl halides is 2. The topological polar surface area (TPSA) is 64.7 Å². The van der Waals surface area contributed by atoms with Gasteiger partial charge in [-0.15, -0.1) is 0 Å². The third-order valence-electron chi connectivity index (χ3n) is 3.92. The Labute approximate surface area is 167 Å². The summed E-state index contributed by atoms with van der Waals surface area (Å²) < 4.78 is 41.9. The molecule has 0 spiro atoms. The third-order valence-corrected chi connectivity index (χ3v) is 4.67. The van der Waals surface area contributed by atoms with Gasteiger partial charge in [-0.1, -0.05) is 41.4 Å². The summed E-state index contributed by atoms with van der Waals surface area (Å²) in [6, 6.07) is 6.20. The van der Waals surface area contributed by atoms with E-state index < -0.39 is 18.0 Å². The third kappa shape index (κ3) is 4.31. The van der Waals surface area contributed by atoms with Crippen molar-refractivity contribution in [2.24, 2.45) is 0 Å². The number of rotatable bonds is 6. The number of amides is 1. The number of benzene rings is 1. The molecule has 28 heavy (non-hydrogen) atoms. The van der Waals surface area contributed by atoms with Gasteiger partial charge in [0, 0.05) is 11.8 Å². The molecular formula is C17H14Cl2F3N5O. The maximum absolute atomic E-state index is 13.7. The number of hydrogen-bond donors (Lipinski definition) is 1. The number of hydrogen-bond acceptors (Lipinski definition) is 3. The fourth-order valence-corrected chi connectivity index (χ4v) is 2.93. The Bertz CT molecular complexity index is 1020. The predicted molar refractivity (Wildman–Crippen MR) is 98.3 cm³/mol. The van der Waals surface area contributed by atoms with Crippen LogP contribution in [0.15, 0.2) is 30.5 Å². The number of nitrogens with one attached hydrogen (secondary N) is 1. The second kappa shape index (κ2) is 8.24. The highest BCUT2D eigenvalue weighted by Gasteiger charge is 2.22. The van der Waals surface area contributed by atoms with Crippen molar-refractivity contribution in [3.8, 4) is 0 Å². The summed E-state index contributed by atoms with van der Waals surface area (Å²) in [5.74, 6) is -0.908. The Morgan fingerprint density at radius 2 is 1.96 bits per heavy atom. The van der Waals surface area contributed by atoms with Crippen LogP contribution in [0.4, 0.5) is 19.0 Å². The molecule has 2 aromatic heterocycles. The molecule has 2 heterocycles. The van der Waals surface area contributed by atoms with Crippen molar-refractivity contribution in [3.05, 3.63) is 63.3 Å². The lowest BCUT2D eigenvalue weighted by Crippen LogP contribution is -2.21. The zero-order valence-electron chi connectivity index (χ0n) is 14.5. The Hall–Kier alpha value is -2.52. The summed E-state index contributed by atoms with van der Waals surface area (Å²) in [4.78, 5) is 12.2. The van der Waals surface area contributed by atoms with Crippen molar-refractivity contribution < 1.29 is 18.0 Å². The highest BCUT2D eigenvalue weighted by atomic mass is 35.5. The number of nitrogens with zero attached hydrogens (tertiary/aromatic N) is 4. The van der Waals surface area contributed by atoms with E-state index >= 15 is 0 Å². The van der Waals surface area contributed by atoms with E-state index in [1.165, 1.54) is 23.9 Å². The molecule has 3 aromatic rings. The van der Waals surface area contributed by atoms with Gasteiger partial charge in [-0.2, -0.15) is 10.2 Å². The molecule has 0 aliphatic heterocycles. The summed E-state index contributed by atoms with van der Waals surface area (Å²) in [7, 11) is 0. The van der Waals surface area contributed by atoms with Gasteiger partial charge in [-0.25, -0.2) is 13.2 Å². The first-order valence-electron chi connectivity index (χ1n) is 8.03. The van der Waals surface area contributed by atoms with Crippen molar-refractivity contribution >= 4 is 34.9 Å². The van der Waals surface area contributed by atoms with Gasteiger partial charge in [0.15, 0.2) is 5.82 Å². The molecule has 0 saturated carbocycles. The van der Waals surface area contributed by atoms with E-state index in [2.05, 4.69) is 15.5 Å². The monoisotopic (exact) mass is 431 g/mol. The molecule has 148 valence electrons. The highest BCUT2D eigenvalue weighted by molar-refractivity contribution is 6.33. The molecule has 0 aliphatic carbocycles. The second-order valence-corrected chi connectivity index (χ2v) is 6.69. The predicted octanol–water partition coefficient (Wildman–Crippen LogP) is 4.46. The zero-order valence-corrected chi connectivity index (χ0v) is 16.0. The van der Waals surface area contributed by atoms with Gasteiger partial charge in [-0.05, 0) is 13.0 Å². The SMILES string of the molecule is Cc1c(Cl)c(C(F)F)nn1CC(=O)Nc1nn(Cc2ccccc2F)cc1Cl. The smallest absolute Gasteiger partial charge is 0.283 e. The Morgan fingerprint density at radius 3 is 2.61 bits per heavy atom. The maximum Gasteiger partial charge on any atom is 0.283 e. The van der Waals surface area contributed by atoms with E-state index in [0.29, 0.717) is 5.56 Å². The molecule has 0 saturated heterocycles. The summed E-state index contributed by atoms with van der Waals surface area (Å²) in [6.45, 7) is 1.24. The van der Waals surface area contributed by atoms with Crippen molar-refractivity contribution in [2.75, 3.05) is 5.32 Å². The van der Waals surface area contributed by atoms with Gasteiger partial charge in [0.1, 0.15) is 23.1 Å². The number of halogens is 5. The summed E-state index contributed by atoms with van der Waals surface area (Å²) in [5.41, 5.74) is 0.0586. The normalized spacial score (nSPS) is 11.2. The molecule has 0 bridgehead atoms. The quantitative estimate of drug-likeness (QED) is 0.626. The molecule has 0 atom stereocenters. The second-order valence-electron chi connectivity index (χ2n) is 5.91. The zero-order chi connectivity index (χ0) is 20.4. The molecule has 1 N–H and O–H groups in total. The summed E-state index contributed by atoms with van der Waals surface area (Å²) in [5, 5.41) is 10.2. The molecule has 1 aromatic carbocycles. The Balaban J connectivity index is 1.71. The van der Waals surface area contributed by atoms with E-state index in [9.17, 15) is 18.0 Å². The number of carbonyl (C=O) groups excluding carboxylic acids is 1. The largest absolute Gasteiger partial charge is 0.306 e. The summed E-state index contributed by atoms with van der Waals surface area (Å²) >= 11 is 11.9. The molecule has 0 unspecified atom stereocenters. The van der Waals surface area contributed by atoms with Crippen molar-refractivity contribution in [3.63, 3.8) is 0 Å². The molecule has 3 rings (SSSR count). The molecule has 0 fully saturated rings. The fraction of sp³-hybridized carbons (Fsp3) is 0.235. The van der Waals surface area contributed by atoms with Crippen LogP contribution in [0.3, 0.4) is 0 Å². The van der Waals surface area contributed by atoms with E-state index in [4.69, 9.17) is 23.2 Å². The van der Waals surface area contributed by atoms with Crippen molar-refractivity contribution in [1.82, 2.24) is 19.6 Å². The molecular weight excluding hydrogens is 418 g/mol. The molecule has 11 heteroatoms. The molecule has 6 nitrogen and oxygen atoms in total. The van der Waals surface area contributed by atoms with Gasteiger partial charge >= 0.3 is 0 Å². The Morgan fingerprint density at radius 1 is 1.25 bits per heavy atom. The lowest BCUT2D eigenvalue weighted by Gasteiger charge is -2.05. The number of carbonyl (C=O) groups is 1. The minimum Gasteiger partial charge on any atom is -0.306 e. The van der Waals surface area contributed by atoms with Crippen LogP contribution in [-0.2, 0) is 17.9 Å². The van der Waals surface area contributed by atoms with Crippen LogP contribution >= 0.6 is 23.2 Å². The van der Waals surface area contributed by atoms with E-state index in [1.54, 1.807) is 18.2 Å². The fourth-order valence-electron chi connectivity index (χ4n) is 2.51. The number of anilines is 1. The van der Waals surface area contributed by atoms with Gasteiger partial charge < -0.3 is 5.32 Å². The van der Waals surface area contributed by atoms with Crippen LogP contribution in [-0.4, -0.2) is 25.5 Å². The lowest BCUT2D eigenvalue weighted by molar-refractivity contribution is -0.117. The standard InChI is InChI=1S/C17H14Cl2F3N5O/c1-9-14(19)15(16(21)22)24-27(9)8-13(28)23-17-11(18)7-26(25-17)6-10-4-2-3-5-12(10)20/h2-5,7,16H,6,8H2,1H3,(H,23,25,28). The molecule has 0 aliphatic rings. The van der Waals surface area contributed by atoms with Gasteiger partial charge in [0.05, 0.1) is 17.3 Å². The lowest BCUT2D eigenvalue weighted by atomic mass is 10.2. The van der Waals surface area contributed by atoms with Crippen LogP contribution in [0.2, 0.25) is 10.0 Å². The molecule has 1 amide bonds. The first kappa shape index (κ1) is 20.2. The maximum atomic E-state index is 13.7. The minimum absolute atomic E-state index is 0.0630. The van der Waals surface area contributed by atoms with Gasteiger partial charge in [-0.3, -0.25) is 14.2 Å². The van der Waals surface area contributed by atoms with Crippen LogP contribution in [0.5, 0.6) is 0 Å². The van der Waals surface area contributed by atoms with Crippen LogP contribution in [0.1, 0.15) is 23.4 Å². The van der Waals surface area contributed by atoms with E-state index in [1.807, 2.05) is 0 Å². The first-order valence-corrected chi connectivity index (χ1v) is 8.79. The molecule has 0 radical (unpaired) electrons. The van der Waals surface area contributed by atoms with Crippen molar-refractivity contribution in [2.45, 2.75) is 26.4 Å². The van der Waals surface area contributed by atoms with Gasteiger partial charge in [0.2, 0.25) is 5.91 Å². The first-order chi connectivity index (χ1) is 13.3. The van der Waals surface area contributed by atoms with Crippen LogP contribution < -0.4 is 5.32 Å². The summed E-state index contributed by atoms with van der Waals surface area (Å²) in [6.07, 6.45) is -1.41. The average molecular weight is 432 g/mol. The van der Waals surface area contributed by atoms with E-state index in [-0.39, 0.29) is 40.5 Å².